The van der Waals surface area contributed by atoms with Gasteiger partial charge >= 0.3 is 6.01 Å². The number of benzene rings is 1. The average molecular weight is 385 g/mol. The Labute approximate surface area is 165 Å². The smallest absolute Gasteiger partial charge is 0.318 e. The predicted octanol–water partition coefficient (Wildman–Crippen LogP) is 3.33. The van der Waals surface area contributed by atoms with Crippen LogP contribution in [0.2, 0.25) is 0 Å². The molecule has 5 rings (SSSR count). The van der Waals surface area contributed by atoms with Gasteiger partial charge in [-0.15, -0.1) is 0 Å². The molecule has 0 radical (unpaired) electrons. The summed E-state index contributed by atoms with van der Waals surface area (Å²) in [6.07, 6.45) is 2.45. The van der Waals surface area contributed by atoms with E-state index in [4.69, 9.17) is 10.5 Å². The lowest BCUT2D eigenvalue weighted by atomic mass is 9.75. The Kier molecular flexibility index (Phi) is 5.35. The molecule has 1 atom stereocenters. The van der Waals surface area contributed by atoms with Crippen molar-refractivity contribution < 1.29 is 9.13 Å². The average Bonchev–Trinajstić information content (AvgIpc) is 2.71. The highest BCUT2D eigenvalue weighted by atomic mass is 19.1. The summed E-state index contributed by atoms with van der Waals surface area (Å²) in [5.74, 6) is 1.43. The van der Waals surface area contributed by atoms with Gasteiger partial charge in [-0.2, -0.15) is 9.97 Å². The highest BCUT2D eigenvalue weighted by Gasteiger charge is 2.35. The van der Waals surface area contributed by atoms with Gasteiger partial charge in [0.05, 0.1) is 18.0 Å². The van der Waals surface area contributed by atoms with E-state index in [1.165, 1.54) is 25.9 Å². The third-order valence-electron chi connectivity index (χ3n) is 6.00. The zero-order valence-corrected chi connectivity index (χ0v) is 16.5. The van der Waals surface area contributed by atoms with Crippen molar-refractivity contribution in [1.82, 2.24) is 14.9 Å². The molecule has 3 fully saturated rings. The fraction of sp³-hybridized carbons (Fsp3) is 0.524. The Morgan fingerprint density at radius 1 is 1.29 bits per heavy atom. The van der Waals surface area contributed by atoms with E-state index in [1.54, 1.807) is 13.0 Å². The molecule has 150 valence electrons. The Morgan fingerprint density at radius 3 is 2.71 bits per heavy atom. The van der Waals surface area contributed by atoms with Crippen LogP contribution >= 0.6 is 0 Å². The Hall–Kier alpha value is -2.41. The van der Waals surface area contributed by atoms with E-state index < -0.39 is 0 Å². The van der Waals surface area contributed by atoms with Crippen molar-refractivity contribution in [1.29, 1.82) is 0 Å². The van der Waals surface area contributed by atoms with Crippen LogP contribution < -0.4 is 15.8 Å². The Bertz CT molecular complexity index is 851. The van der Waals surface area contributed by atoms with E-state index in [9.17, 15) is 4.39 Å². The van der Waals surface area contributed by atoms with E-state index in [0.717, 1.165) is 12.1 Å². The van der Waals surface area contributed by atoms with Gasteiger partial charge in [-0.05, 0) is 63.2 Å². The summed E-state index contributed by atoms with van der Waals surface area (Å²) in [5.41, 5.74) is 8.87. The topological polar surface area (TPSA) is 76.3 Å². The molecule has 6 nitrogen and oxygen atoms in total. The molecule has 4 heterocycles. The minimum absolute atomic E-state index is 0.184. The molecule has 2 aromatic rings. The number of anilines is 2. The van der Waals surface area contributed by atoms with Crippen molar-refractivity contribution >= 4 is 11.5 Å². The highest BCUT2D eigenvalue weighted by molar-refractivity contribution is 5.64. The maximum absolute atomic E-state index is 14.8. The lowest BCUT2D eigenvalue weighted by Crippen LogP contribution is -2.46. The maximum atomic E-state index is 14.8. The van der Waals surface area contributed by atoms with Crippen molar-refractivity contribution in [2.75, 3.05) is 37.3 Å². The van der Waals surface area contributed by atoms with E-state index >= 15 is 0 Å². The molecule has 1 aromatic carbocycles. The number of fused-ring (bicyclic) bond motifs is 3. The Balaban J connectivity index is 1.47. The molecule has 0 amide bonds. The quantitative estimate of drug-likeness (QED) is 0.794. The first-order chi connectivity index (χ1) is 13.5. The summed E-state index contributed by atoms with van der Waals surface area (Å²) < 4.78 is 20.2. The summed E-state index contributed by atoms with van der Waals surface area (Å²) in [5, 5.41) is 3.13. The van der Waals surface area contributed by atoms with Crippen molar-refractivity contribution in [2.45, 2.75) is 39.2 Å². The molecular weight excluding hydrogens is 357 g/mol. The summed E-state index contributed by atoms with van der Waals surface area (Å²) in [6.45, 7) is 7.88. The van der Waals surface area contributed by atoms with E-state index in [1.807, 2.05) is 13.0 Å². The van der Waals surface area contributed by atoms with Crippen LogP contribution in [-0.4, -0.2) is 41.1 Å². The van der Waals surface area contributed by atoms with Crippen LogP contribution in [0.4, 0.5) is 15.9 Å². The van der Waals surface area contributed by atoms with Gasteiger partial charge in [-0.1, -0.05) is 12.1 Å². The molecule has 3 aliphatic rings. The number of ether oxygens (including phenoxy) is 1. The number of hydrogen-bond acceptors (Lipinski definition) is 6. The zero-order valence-electron chi connectivity index (χ0n) is 16.5. The number of rotatable bonds is 6. The second-order valence-corrected chi connectivity index (χ2v) is 7.74. The number of hydrogen-bond donors (Lipinski definition) is 2. The van der Waals surface area contributed by atoms with Gasteiger partial charge in [0, 0.05) is 18.7 Å². The third-order valence-corrected chi connectivity index (χ3v) is 6.00. The molecule has 0 spiro atoms. The number of aryl methyl sites for hydroxylation is 1. The molecule has 0 aliphatic carbocycles. The fourth-order valence-electron chi connectivity index (χ4n) is 4.34. The normalized spacial score (nSPS) is 23.6. The monoisotopic (exact) mass is 385 g/mol. The van der Waals surface area contributed by atoms with Gasteiger partial charge in [0.25, 0.3) is 0 Å². The van der Waals surface area contributed by atoms with E-state index in [2.05, 4.69) is 26.3 Å². The number of aromatic nitrogens is 2. The van der Waals surface area contributed by atoms with Gasteiger partial charge < -0.3 is 20.7 Å². The second-order valence-electron chi connectivity index (χ2n) is 7.74. The van der Waals surface area contributed by atoms with Crippen molar-refractivity contribution in [3.8, 4) is 6.01 Å². The molecule has 7 heteroatoms. The van der Waals surface area contributed by atoms with Crippen molar-refractivity contribution in [3.63, 3.8) is 0 Å². The van der Waals surface area contributed by atoms with Crippen LogP contribution in [0, 0.1) is 18.7 Å². The van der Waals surface area contributed by atoms with Crippen LogP contribution in [-0.2, 0) is 6.54 Å². The first kappa shape index (κ1) is 18.9. The van der Waals surface area contributed by atoms with Crippen LogP contribution in [0.1, 0.15) is 42.5 Å². The number of piperidine rings is 3. The maximum Gasteiger partial charge on any atom is 0.318 e. The number of nitrogens with one attached hydrogen (secondary N) is 1. The molecule has 3 saturated heterocycles. The van der Waals surface area contributed by atoms with Crippen LogP contribution in [0.5, 0.6) is 6.01 Å². The van der Waals surface area contributed by atoms with Crippen LogP contribution in [0.15, 0.2) is 18.2 Å². The number of nitrogen functional groups attached to an aromatic ring is 1. The summed E-state index contributed by atoms with van der Waals surface area (Å²) in [4.78, 5) is 11.0. The largest absolute Gasteiger partial charge is 0.464 e. The lowest BCUT2D eigenvalue weighted by molar-refractivity contribution is 0.0870. The highest BCUT2D eigenvalue weighted by Crippen LogP contribution is 2.39. The minimum atomic E-state index is -0.184. The number of nitrogens with zero attached hydrogens (tertiary/aromatic N) is 3. The first-order valence-electron chi connectivity index (χ1n) is 10.1. The molecule has 0 saturated carbocycles. The van der Waals surface area contributed by atoms with E-state index in [0.29, 0.717) is 47.8 Å². The van der Waals surface area contributed by atoms with Crippen molar-refractivity contribution in [2.24, 2.45) is 5.92 Å². The van der Waals surface area contributed by atoms with E-state index in [-0.39, 0.29) is 11.8 Å². The summed E-state index contributed by atoms with van der Waals surface area (Å²) in [7, 11) is 0. The molecule has 1 unspecified atom stereocenters. The molecule has 3 aliphatic heterocycles. The van der Waals surface area contributed by atoms with Gasteiger partial charge in [0.1, 0.15) is 5.82 Å². The second kappa shape index (κ2) is 7.91. The SMILES string of the molecule is CCOc1nc(C)c(N)c(NCc2ccc(C3CN4CCC3CC4)cc2F)n1. The number of nitrogens with two attached hydrogens (primary N) is 1. The lowest BCUT2D eigenvalue weighted by Gasteiger charge is -2.45. The molecular formula is C21H28FN5O. The van der Waals surface area contributed by atoms with Gasteiger partial charge in [-0.3, -0.25) is 0 Å². The fourth-order valence-corrected chi connectivity index (χ4v) is 4.34. The Morgan fingerprint density at radius 2 is 2.07 bits per heavy atom. The molecule has 2 bridgehead atoms. The zero-order chi connectivity index (χ0) is 19.7. The van der Waals surface area contributed by atoms with Gasteiger partial charge in [0.2, 0.25) is 0 Å². The van der Waals surface area contributed by atoms with Gasteiger partial charge in [-0.25, -0.2) is 4.39 Å². The number of halogens is 1. The van der Waals surface area contributed by atoms with Crippen molar-refractivity contribution in [3.05, 3.63) is 40.8 Å². The first-order valence-corrected chi connectivity index (χ1v) is 10.1. The molecule has 28 heavy (non-hydrogen) atoms. The predicted molar refractivity (Wildman–Crippen MR) is 108 cm³/mol. The summed E-state index contributed by atoms with van der Waals surface area (Å²) in [6, 6.07) is 5.94. The van der Waals surface area contributed by atoms with Crippen LogP contribution in [0.3, 0.4) is 0 Å². The van der Waals surface area contributed by atoms with Crippen LogP contribution in [0.25, 0.3) is 0 Å². The summed E-state index contributed by atoms with van der Waals surface area (Å²) >= 11 is 0. The molecule has 3 N–H and O–H groups in total. The standard InChI is InChI=1S/C21H28FN5O/c1-3-28-21-25-13(2)19(23)20(26-21)24-11-16-5-4-15(10-18(16)22)17-12-27-8-6-14(17)7-9-27/h4-5,10,14,17H,3,6-9,11-12,23H2,1-2H3,(H,24,25,26). The minimum Gasteiger partial charge on any atom is -0.464 e. The third kappa shape index (κ3) is 3.76. The van der Waals surface area contributed by atoms with Gasteiger partial charge in [0.15, 0.2) is 5.82 Å². The molecule has 1 aromatic heterocycles.